The number of rotatable bonds is 3. The van der Waals surface area contributed by atoms with Crippen molar-refractivity contribution >= 4 is 16.6 Å². The van der Waals surface area contributed by atoms with Crippen LogP contribution in [0.25, 0.3) is 28.0 Å². The fraction of sp³-hybridized carbons (Fsp3) is 0.0909. The Kier molecular flexibility index (Phi) is 4.34. The number of benzene rings is 1. The van der Waals surface area contributed by atoms with Crippen LogP contribution in [-0.4, -0.2) is 30.7 Å². The van der Waals surface area contributed by atoms with Crippen molar-refractivity contribution in [1.82, 2.24) is 19.7 Å². The van der Waals surface area contributed by atoms with Gasteiger partial charge in [-0.05, 0) is 50.2 Å². The summed E-state index contributed by atoms with van der Waals surface area (Å²) in [5, 5.41) is 17.6. The Morgan fingerprint density at radius 3 is 2.71 bits per heavy atom. The topological polar surface area (TPSA) is 76.2 Å². The first-order chi connectivity index (χ1) is 13.6. The molecule has 1 N–H and O–H groups in total. The minimum atomic E-state index is 0.439. The molecular formula is C22H17N5O. The van der Waals surface area contributed by atoms with Gasteiger partial charge in [-0.2, -0.15) is 5.10 Å². The lowest BCUT2D eigenvalue weighted by atomic mass is 10.0. The molecule has 6 heteroatoms. The van der Waals surface area contributed by atoms with Crippen molar-refractivity contribution in [3.05, 3.63) is 71.7 Å². The Labute approximate surface area is 162 Å². The van der Waals surface area contributed by atoms with Gasteiger partial charge in [0.15, 0.2) is 5.82 Å². The maximum absolute atomic E-state index is 9.03. The number of hydrogen-bond acceptors (Lipinski definition) is 5. The van der Waals surface area contributed by atoms with Gasteiger partial charge in [-0.1, -0.05) is 23.2 Å². The average Bonchev–Trinajstić information content (AvgIpc) is 3.16. The second-order valence-corrected chi connectivity index (χ2v) is 6.39. The third-order valence-electron chi connectivity index (χ3n) is 4.50. The number of fused-ring (bicyclic) bond motifs is 1. The van der Waals surface area contributed by atoms with E-state index in [1.807, 2.05) is 49.4 Å². The zero-order chi connectivity index (χ0) is 19.7. The molecule has 0 aliphatic heterocycles. The van der Waals surface area contributed by atoms with Crippen LogP contribution in [0.4, 0.5) is 0 Å². The van der Waals surface area contributed by atoms with Crippen LogP contribution in [0.15, 0.2) is 59.9 Å². The van der Waals surface area contributed by atoms with E-state index in [-0.39, 0.29) is 0 Å². The largest absolute Gasteiger partial charge is 0.411 e. The van der Waals surface area contributed by atoms with E-state index in [1.165, 1.54) is 0 Å². The van der Waals surface area contributed by atoms with Gasteiger partial charge in [-0.25, -0.2) is 14.6 Å². The van der Waals surface area contributed by atoms with Crippen molar-refractivity contribution in [2.24, 2.45) is 5.16 Å². The predicted octanol–water partition coefficient (Wildman–Crippen LogP) is 3.97. The van der Waals surface area contributed by atoms with Gasteiger partial charge in [0.05, 0.1) is 23.1 Å². The Hall–Kier alpha value is -3.98. The zero-order valence-electron chi connectivity index (χ0n) is 15.5. The number of aromatic nitrogens is 4. The van der Waals surface area contributed by atoms with E-state index in [9.17, 15) is 0 Å². The number of terminal acetylenes is 1. The minimum Gasteiger partial charge on any atom is -0.411 e. The van der Waals surface area contributed by atoms with Crippen LogP contribution in [0.2, 0.25) is 0 Å². The van der Waals surface area contributed by atoms with Crippen molar-refractivity contribution in [1.29, 1.82) is 0 Å². The highest BCUT2D eigenvalue weighted by molar-refractivity contribution is 5.97. The molecule has 0 unspecified atom stereocenters. The molecule has 136 valence electrons. The third-order valence-corrected chi connectivity index (χ3v) is 4.50. The van der Waals surface area contributed by atoms with Gasteiger partial charge in [0.2, 0.25) is 0 Å². The number of aryl methyl sites for hydroxylation is 1. The number of oxime groups is 1. The molecule has 6 nitrogen and oxygen atoms in total. The maximum Gasteiger partial charge on any atom is 0.154 e. The van der Waals surface area contributed by atoms with Crippen LogP contribution in [0.5, 0.6) is 0 Å². The second kappa shape index (κ2) is 6.97. The standard InChI is InChI=1S/C22H17N5O/c1-4-16-11-17(20-9-6-8-19(25-20)15(3)26-28)12-21-18(16)13-23-27(21)22-10-5-7-14(2)24-22/h1,5-13,28H,2-3H3/b26-15+. The minimum absolute atomic E-state index is 0.439. The molecule has 0 atom stereocenters. The summed E-state index contributed by atoms with van der Waals surface area (Å²) in [6.07, 6.45) is 7.51. The van der Waals surface area contributed by atoms with E-state index in [4.69, 9.17) is 11.6 Å². The molecule has 0 fully saturated rings. The van der Waals surface area contributed by atoms with Crippen molar-refractivity contribution in [3.63, 3.8) is 0 Å². The van der Waals surface area contributed by atoms with Gasteiger partial charge in [0.25, 0.3) is 0 Å². The smallest absolute Gasteiger partial charge is 0.154 e. The van der Waals surface area contributed by atoms with Crippen LogP contribution in [0.3, 0.4) is 0 Å². The molecule has 0 spiro atoms. The molecule has 0 aliphatic carbocycles. The van der Waals surface area contributed by atoms with Crippen LogP contribution >= 0.6 is 0 Å². The van der Waals surface area contributed by atoms with Gasteiger partial charge >= 0.3 is 0 Å². The summed E-state index contributed by atoms with van der Waals surface area (Å²) in [6, 6.07) is 15.2. The van der Waals surface area contributed by atoms with E-state index in [1.54, 1.807) is 23.9 Å². The Balaban J connectivity index is 1.94. The molecule has 3 heterocycles. The lowest BCUT2D eigenvalue weighted by Gasteiger charge is -2.08. The van der Waals surface area contributed by atoms with Gasteiger partial charge in [-0.3, -0.25) is 0 Å². The Morgan fingerprint density at radius 2 is 1.96 bits per heavy atom. The van der Waals surface area contributed by atoms with Gasteiger partial charge < -0.3 is 5.21 Å². The molecule has 0 bridgehead atoms. The molecule has 0 saturated heterocycles. The monoisotopic (exact) mass is 367 g/mol. The fourth-order valence-corrected chi connectivity index (χ4v) is 3.07. The highest BCUT2D eigenvalue weighted by Crippen LogP contribution is 2.28. The first-order valence-corrected chi connectivity index (χ1v) is 8.69. The van der Waals surface area contributed by atoms with Crippen molar-refractivity contribution in [2.75, 3.05) is 0 Å². The summed E-state index contributed by atoms with van der Waals surface area (Å²) in [5.74, 6) is 3.46. The molecule has 0 aliphatic rings. The van der Waals surface area contributed by atoms with Crippen molar-refractivity contribution in [2.45, 2.75) is 13.8 Å². The van der Waals surface area contributed by atoms with E-state index >= 15 is 0 Å². The lowest BCUT2D eigenvalue weighted by molar-refractivity contribution is 0.319. The third kappa shape index (κ3) is 2.99. The highest BCUT2D eigenvalue weighted by atomic mass is 16.4. The molecule has 28 heavy (non-hydrogen) atoms. The first-order valence-electron chi connectivity index (χ1n) is 8.69. The van der Waals surface area contributed by atoms with Crippen molar-refractivity contribution in [3.8, 4) is 29.4 Å². The number of pyridine rings is 2. The lowest BCUT2D eigenvalue weighted by Crippen LogP contribution is -2.01. The van der Waals surface area contributed by atoms with Gasteiger partial charge in [0, 0.05) is 22.2 Å². The molecule has 1 aromatic carbocycles. The molecule has 3 aromatic heterocycles. The van der Waals surface area contributed by atoms with E-state index in [2.05, 4.69) is 26.1 Å². The second-order valence-electron chi connectivity index (χ2n) is 6.39. The normalized spacial score (nSPS) is 11.5. The quantitative estimate of drug-likeness (QED) is 0.257. The molecule has 0 saturated carbocycles. The molecule has 4 aromatic rings. The van der Waals surface area contributed by atoms with E-state index in [0.29, 0.717) is 11.4 Å². The first kappa shape index (κ1) is 17.4. The van der Waals surface area contributed by atoms with E-state index in [0.717, 1.165) is 39.2 Å². The van der Waals surface area contributed by atoms with Crippen molar-refractivity contribution < 1.29 is 5.21 Å². The summed E-state index contributed by atoms with van der Waals surface area (Å²) in [7, 11) is 0. The molecule has 0 amide bonds. The number of hydrogen-bond donors (Lipinski definition) is 1. The van der Waals surface area contributed by atoms with Gasteiger partial charge in [-0.15, -0.1) is 6.42 Å². The van der Waals surface area contributed by atoms with Crippen LogP contribution in [-0.2, 0) is 0 Å². The molecule has 4 rings (SSSR count). The Bertz CT molecular complexity index is 1260. The summed E-state index contributed by atoms with van der Waals surface area (Å²) >= 11 is 0. The average molecular weight is 367 g/mol. The summed E-state index contributed by atoms with van der Waals surface area (Å²) < 4.78 is 1.77. The predicted molar refractivity (Wildman–Crippen MR) is 109 cm³/mol. The van der Waals surface area contributed by atoms with E-state index < -0.39 is 0 Å². The SMILES string of the molecule is C#Cc1cc(-c2cccc(/C(C)=N/O)n2)cc2c1cnn2-c1cccc(C)n1. The fourth-order valence-electron chi connectivity index (χ4n) is 3.07. The summed E-state index contributed by atoms with van der Waals surface area (Å²) in [6.45, 7) is 3.63. The van der Waals surface area contributed by atoms with Gasteiger partial charge in [0.1, 0.15) is 5.71 Å². The van der Waals surface area contributed by atoms with Crippen LogP contribution in [0.1, 0.15) is 23.9 Å². The molecular weight excluding hydrogens is 350 g/mol. The van der Waals surface area contributed by atoms with Crippen LogP contribution in [0, 0.1) is 19.3 Å². The molecule has 0 radical (unpaired) electrons. The summed E-state index contributed by atoms with van der Waals surface area (Å²) in [5.41, 5.74) is 5.09. The maximum atomic E-state index is 9.03. The number of nitrogens with zero attached hydrogens (tertiary/aromatic N) is 5. The van der Waals surface area contributed by atoms with Crippen LogP contribution < -0.4 is 0 Å². The zero-order valence-corrected chi connectivity index (χ0v) is 15.5. The Morgan fingerprint density at radius 1 is 1.14 bits per heavy atom. The summed E-state index contributed by atoms with van der Waals surface area (Å²) in [4.78, 5) is 9.15. The highest BCUT2D eigenvalue weighted by Gasteiger charge is 2.13.